The van der Waals surface area contributed by atoms with Crippen molar-refractivity contribution in [3.63, 3.8) is 0 Å². The lowest BCUT2D eigenvalue weighted by molar-refractivity contribution is 0.300. The van der Waals surface area contributed by atoms with Gasteiger partial charge >= 0.3 is 0 Å². The van der Waals surface area contributed by atoms with Crippen LogP contribution in [0.25, 0.3) is 0 Å². The number of hydrogen-bond acceptors (Lipinski definition) is 2. The molecule has 0 aliphatic carbocycles. The fourth-order valence-corrected chi connectivity index (χ4v) is 2.64. The van der Waals surface area contributed by atoms with E-state index < -0.39 is 0 Å². The summed E-state index contributed by atoms with van der Waals surface area (Å²) < 4.78 is 5.84. The highest BCUT2D eigenvalue weighted by molar-refractivity contribution is 9.08. The minimum absolute atomic E-state index is 0.751. The van der Waals surface area contributed by atoms with Crippen LogP contribution in [0, 0.1) is 6.92 Å². The van der Waals surface area contributed by atoms with Gasteiger partial charge in [-0.25, -0.2) is 0 Å². The molecule has 0 radical (unpaired) electrons. The van der Waals surface area contributed by atoms with Gasteiger partial charge in [0.15, 0.2) is 0 Å². The summed E-state index contributed by atoms with van der Waals surface area (Å²) in [5.41, 5.74) is 2.04. The van der Waals surface area contributed by atoms with Gasteiger partial charge in [-0.15, -0.1) is 0 Å². The first-order chi connectivity index (χ1) is 9.77. The van der Waals surface area contributed by atoms with Crippen LogP contribution in [0.4, 0.5) is 0 Å². The molecule has 0 bridgehead atoms. The second-order valence-electron chi connectivity index (χ2n) is 5.35. The van der Waals surface area contributed by atoms with E-state index in [-0.39, 0.29) is 0 Å². The Bertz CT molecular complexity index is 368. The maximum absolute atomic E-state index is 5.84. The van der Waals surface area contributed by atoms with Crippen LogP contribution >= 0.6 is 15.9 Å². The van der Waals surface area contributed by atoms with Crippen LogP contribution < -0.4 is 4.74 Å². The van der Waals surface area contributed by atoms with Crippen molar-refractivity contribution < 1.29 is 4.74 Å². The molecule has 3 heteroatoms. The van der Waals surface area contributed by atoms with Crippen LogP contribution in [0.5, 0.6) is 5.75 Å². The van der Waals surface area contributed by atoms with Crippen molar-refractivity contribution in [1.29, 1.82) is 0 Å². The van der Waals surface area contributed by atoms with Crippen LogP contribution in [-0.2, 0) is 5.33 Å². The lowest BCUT2D eigenvalue weighted by Crippen LogP contribution is -2.01. The lowest BCUT2D eigenvalue weighted by Gasteiger charge is -2.10. The topological polar surface area (TPSA) is 22.1 Å². The molecule has 1 rings (SSSR count). The van der Waals surface area contributed by atoms with Gasteiger partial charge in [0.25, 0.3) is 0 Å². The van der Waals surface area contributed by atoms with E-state index in [1.165, 1.54) is 44.9 Å². The first-order valence-electron chi connectivity index (χ1n) is 7.93. The smallest absolute Gasteiger partial charge is 0.141 e. The summed E-state index contributed by atoms with van der Waals surface area (Å²) in [6.07, 6.45) is 10.6. The van der Waals surface area contributed by atoms with Gasteiger partial charge in [0, 0.05) is 11.0 Å². The molecule has 0 aliphatic rings. The van der Waals surface area contributed by atoms with E-state index in [0.29, 0.717) is 0 Å². The summed E-state index contributed by atoms with van der Waals surface area (Å²) in [7, 11) is 0. The van der Waals surface area contributed by atoms with Crippen LogP contribution in [-0.4, -0.2) is 11.6 Å². The summed E-state index contributed by atoms with van der Waals surface area (Å²) in [6, 6.07) is 4.04. The van der Waals surface area contributed by atoms with Gasteiger partial charge in [-0.3, -0.25) is 4.98 Å². The van der Waals surface area contributed by atoms with E-state index in [1.54, 1.807) is 0 Å². The van der Waals surface area contributed by atoms with Gasteiger partial charge in [0.2, 0.25) is 0 Å². The van der Waals surface area contributed by atoms with Crippen LogP contribution in [0.2, 0.25) is 0 Å². The average Bonchev–Trinajstić information content (AvgIpc) is 2.46. The molecule has 2 nitrogen and oxygen atoms in total. The van der Waals surface area contributed by atoms with Crippen LogP contribution in [0.1, 0.15) is 69.7 Å². The van der Waals surface area contributed by atoms with E-state index >= 15 is 0 Å². The average molecular weight is 342 g/mol. The number of hydrogen-bond donors (Lipinski definition) is 0. The SMILES string of the molecule is CCCCCCCCCCOc1ccc(C)nc1CBr. The van der Waals surface area contributed by atoms with E-state index in [4.69, 9.17) is 4.74 Å². The highest BCUT2D eigenvalue weighted by Gasteiger charge is 2.04. The van der Waals surface area contributed by atoms with Crippen molar-refractivity contribution in [1.82, 2.24) is 4.98 Å². The van der Waals surface area contributed by atoms with Gasteiger partial charge < -0.3 is 4.74 Å². The third-order valence-corrected chi connectivity index (χ3v) is 3.98. The van der Waals surface area contributed by atoms with Gasteiger partial charge in [0.1, 0.15) is 5.75 Å². The summed E-state index contributed by atoms with van der Waals surface area (Å²) >= 11 is 3.46. The molecule has 114 valence electrons. The molecule has 1 aromatic rings. The third-order valence-electron chi connectivity index (χ3n) is 3.45. The molecular weight excluding hydrogens is 314 g/mol. The minimum Gasteiger partial charge on any atom is -0.492 e. The molecule has 0 saturated carbocycles. The zero-order chi connectivity index (χ0) is 14.6. The number of nitrogens with zero attached hydrogens (tertiary/aromatic N) is 1. The minimum atomic E-state index is 0.751. The molecular formula is C17H28BrNO. The van der Waals surface area contributed by atoms with Crippen molar-refractivity contribution in [2.45, 2.75) is 70.5 Å². The highest BCUT2D eigenvalue weighted by Crippen LogP contribution is 2.20. The van der Waals surface area contributed by atoms with Crippen molar-refractivity contribution in [2.75, 3.05) is 6.61 Å². The van der Waals surface area contributed by atoms with E-state index in [9.17, 15) is 0 Å². The predicted octanol–water partition coefficient (Wildman–Crippen LogP) is 5.80. The fourth-order valence-electron chi connectivity index (χ4n) is 2.24. The second kappa shape index (κ2) is 11.1. The molecule has 0 fully saturated rings. The zero-order valence-electron chi connectivity index (χ0n) is 13.0. The summed E-state index contributed by atoms with van der Waals surface area (Å²) in [6.45, 7) is 5.08. The van der Waals surface area contributed by atoms with E-state index in [0.717, 1.165) is 35.5 Å². The molecule has 0 spiro atoms. The highest BCUT2D eigenvalue weighted by atomic mass is 79.9. The molecule has 0 N–H and O–H groups in total. The van der Waals surface area contributed by atoms with E-state index in [1.807, 2.05) is 19.1 Å². The monoisotopic (exact) mass is 341 g/mol. The number of pyridine rings is 1. The van der Waals surface area contributed by atoms with Gasteiger partial charge in [-0.2, -0.15) is 0 Å². The molecule has 1 aromatic heterocycles. The van der Waals surface area contributed by atoms with Crippen LogP contribution in [0.15, 0.2) is 12.1 Å². The quantitative estimate of drug-likeness (QED) is 0.374. The number of aryl methyl sites for hydroxylation is 1. The Labute approximate surface area is 132 Å². The normalized spacial score (nSPS) is 10.8. The zero-order valence-corrected chi connectivity index (χ0v) is 14.5. The van der Waals surface area contributed by atoms with Gasteiger partial charge in [-0.1, -0.05) is 67.8 Å². The predicted molar refractivity (Wildman–Crippen MR) is 89.7 cm³/mol. The molecule has 0 aromatic carbocycles. The molecule has 0 amide bonds. The lowest BCUT2D eigenvalue weighted by atomic mass is 10.1. The Balaban J connectivity index is 2.09. The molecule has 0 saturated heterocycles. The first-order valence-corrected chi connectivity index (χ1v) is 9.05. The molecule has 0 aliphatic heterocycles. The standard InChI is InChI=1S/C17H28BrNO/c1-3-4-5-6-7-8-9-10-13-20-17-12-11-15(2)19-16(17)14-18/h11-12H,3-10,13-14H2,1-2H3. The molecule has 0 atom stereocenters. The van der Waals surface area contributed by atoms with Crippen molar-refractivity contribution in [2.24, 2.45) is 0 Å². The maximum atomic E-state index is 5.84. The van der Waals surface area contributed by atoms with E-state index in [2.05, 4.69) is 27.8 Å². The van der Waals surface area contributed by atoms with Crippen molar-refractivity contribution in [3.8, 4) is 5.75 Å². The fraction of sp³-hybridized carbons (Fsp3) is 0.706. The first kappa shape index (κ1) is 17.5. The van der Waals surface area contributed by atoms with Gasteiger partial charge in [0.05, 0.1) is 12.3 Å². The number of unbranched alkanes of at least 4 members (excludes halogenated alkanes) is 7. The largest absolute Gasteiger partial charge is 0.492 e. The Kier molecular flexibility index (Phi) is 9.73. The Hall–Kier alpha value is -0.570. The maximum Gasteiger partial charge on any atom is 0.141 e. The second-order valence-corrected chi connectivity index (χ2v) is 5.92. The number of aromatic nitrogens is 1. The summed E-state index contributed by atoms with van der Waals surface area (Å²) in [5, 5.41) is 0.751. The number of rotatable bonds is 11. The third kappa shape index (κ3) is 7.28. The Morgan fingerprint density at radius 2 is 1.65 bits per heavy atom. The Morgan fingerprint density at radius 3 is 2.30 bits per heavy atom. The number of alkyl halides is 1. The van der Waals surface area contributed by atoms with Crippen LogP contribution in [0.3, 0.4) is 0 Å². The summed E-state index contributed by atoms with van der Waals surface area (Å²) in [4.78, 5) is 4.48. The molecule has 20 heavy (non-hydrogen) atoms. The Morgan fingerprint density at radius 1 is 1.00 bits per heavy atom. The number of ether oxygens (including phenoxy) is 1. The van der Waals surface area contributed by atoms with Gasteiger partial charge in [-0.05, 0) is 25.5 Å². The summed E-state index contributed by atoms with van der Waals surface area (Å²) in [5.74, 6) is 0.926. The number of halogens is 1. The van der Waals surface area contributed by atoms with Crippen molar-refractivity contribution >= 4 is 15.9 Å². The van der Waals surface area contributed by atoms with Crippen molar-refractivity contribution in [3.05, 3.63) is 23.5 Å². The molecule has 1 heterocycles. The molecule has 0 unspecified atom stereocenters.